The van der Waals surface area contributed by atoms with Gasteiger partial charge >= 0.3 is 5.91 Å². The van der Waals surface area contributed by atoms with Crippen LogP contribution in [0.25, 0.3) is 5.57 Å². The second-order valence-electron chi connectivity index (χ2n) is 5.41. The van der Waals surface area contributed by atoms with Crippen LogP contribution in [0.5, 0.6) is 17.2 Å². The molecule has 0 aromatic heterocycles. The van der Waals surface area contributed by atoms with E-state index >= 15 is 0 Å². The van der Waals surface area contributed by atoms with Crippen LogP contribution < -0.4 is 19.1 Å². The number of para-hydroxylation sites is 1. The number of imide groups is 1. The van der Waals surface area contributed by atoms with Gasteiger partial charge in [0, 0.05) is 11.6 Å². The van der Waals surface area contributed by atoms with E-state index in [1.807, 2.05) is 0 Å². The van der Waals surface area contributed by atoms with Gasteiger partial charge < -0.3 is 19.3 Å². The normalized spacial score (nSPS) is 14.0. The molecule has 26 heavy (non-hydrogen) atoms. The quantitative estimate of drug-likeness (QED) is 0.830. The Hall–Kier alpha value is -3.48. The Morgan fingerprint density at radius 3 is 2.19 bits per heavy atom. The van der Waals surface area contributed by atoms with E-state index < -0.39 is 17.6 Å². The lowest BCUT2D eigenvalue weighted by molar-refractivity contribution is -0.121. The van der Waals surface area contributed by atoms with Crippen molar-refractivity contribution in [3.8, 4) is 17.2 Å². The van der Waals surface area contributed by atoms with Gasteiger partial charge in [-0.1, -0.05) is 18.2 Å². The molecule has 7 heteroatoms. The van der Waals surface area contributed by atoms with Gasteiger partial charge in [-0.25, -0.2) is 4.90 Å². The van der Waals surface area contributed by atoms with E-state index in [1.165, 1.54) is 27.4 Å². The van der Waals surface area contributed by atoms with Gasteiger partial charge in [0.1, 0.15) is 17.2 Å². The fourth-order valence-corrected chi connectivity index (χ4v) is 2.80. The van der Waals surface area contributed by atoms with E-state index in [4.69, 9.17) is 14.2 Å². The molecule has 2 aromatic rings. The third-order valence-electron chi connectivity index (χ3n) is 4.06. The molecule has 3 rings (SSSR count). The molecular weight excluding hydrogens is 338 g/mol. The van der Waals surface area contributed by atoms with Gasteiger partial charge in [-0.2, -0.15) is 0 Å². The predicted molar refractivity (Wildman–Crippen MR) is 94.6 cm³/mol. The molecule has 0 saturated heterocycles. The largest absolute Gasteiger partial charge is 0.502 e. The number of carbonyl (C=O) groups excluding carboxylic acids is 2. The van der Waals surface area contributed by atoms with Crippen LogP contribution in [0.3, 0.4) is 0 Å². The van der Waals surface area contributed by atoms with Crippen molar-refractivity contribution in [1.82, 2.24) is 0 Å². The zero-order valence-corrected chi connectivity index (χ0v) is 14.5. The van der Waals surface area contributed by atoms with Crippen molar-refractivity contribution in [2.45, 2.75) is 0 Å². The Morgan fingerprint density at radius 1 is 0.846 bits per heavy atom. The lowest BCUT2D eigenvalue weighted by Crippen LogP contribution is -2.32. The number of methoxy groups -OCH3 is 3. The average molecular weight is 355 g/mol. The zero-order valence-electron chi connectivity index (χ0n) is 14.5. The Bertz CT molecular complexity index is 918. The number of benzene rings is 2. The van der Waals surface area contributed by atoms with Gasteiger partial charge in [0.25, 0.3) is 5.91 Å². The first kappa shape index (κ1) is 17.3. The first-order chi connectivity index (χ1) is 12.5. The summed E-state index contributed by atoms with van der Waals surface area (Å²) >= 11 is 0. The average Bonchev–Trinajstić information content (AvgIpc) is 2.89. The molecule has 0 bridgehead atoms. The number of anilines is 1. The molecule has 0 saturated carbocycles. The summed E-state index contributed by atoms with van der Waals surface area (Å²) in [6, 6.07) is 11.4. The number of hydrogen-bond donors (Lipinski definition) is 1. The number of rotatable bonds is 5. The second-order valence-corrected chi connectivity index (χ2v) is 5.41. The number of nitrogens with zero attached hydrogens (tertiary/aromatic N) is 1. The van der Waals surface area contributed by atoms with Crippen molar-refractivity contribution >= 4 is 23.1 Å². The van der Waals surface area contributed by atoms with Crippen LogP contribution in [0.15, 0.2) is 48.2 Å². The highest BCUT2D eigenvalue weighted by Crippen LogP contribution is 2.40. The summed E-state index contributed by atoms with van der Waals surface area (Å²) in [6.45, 7) is 0. The molecule has 0 atom stereocenters. The monoisotopic (exact) mass is 355 g/mol. The molecule has 0 spiro atoms. The molecule has 0 fully saturated rings. The molecule has 0 radical (unpaired) electrons. The van der Waals surface area contributed by atoms with Crippen LogP contribution in [0.2, 0.25) is 0 Å². The summed E-state index contributed by atoms with van der Waals surface area (Å²) in [5.74, 6) is -1.07. The Balaban J connectivity index is 2.13. The zero-order chi connectivity index (χ0) is 18.8. The number of aliphatic hydroxyl groups is 1. The highest BCUT2D eigenvalue weighted by Gasteiger charge is 2.42. The summed E-state index contributed by atoms with van der Waals surface area (Å²) in [4.78, 5) is 26.5. The van der Waals surface area contributed by atoms with E-state index in [0.29, 0.717) is 22.8 Å². The SMILES string of the molecule is COc1ccc(OC)c(N2C(=O)C(O)=C(c3ccccc3OC)C2=O)c1. The van der Waals surface area contributed by atoms with E-state index in [9.17, 15) is 14.7 Å². The predicted octanol–water partition coefficient (Wildman–Crippen LogP) is 2.55. The summed E-state index contributed by atoms with van der Waals surface area (Å²) < 4.78 is 15.6. The minimum atomic E-state index is -0.845. The smallest absolute Gasteiger partial charge is 0.301 e. The van der Waals surface area contributed by atoms with Crippen molar-refractivity contribution in [2.75, 3.05) is 26.2 Å². The van der Waals surface area contributed by atoms with Gasteiger partial charge in [-0.3, -0.25) is 9.59 Å². The van der Waals surface area contributed by atoms with E-state index in [2.05, 4.69) is 0 Å². The van der Waals surface area contributed by atoms with E-state index in [1.54, 1.807) is 36.4 Å². The molecule has 1 heterocycles. The molecule has 0 unspecified atom stereocenters. The maximum Gasteiger partial charge on any atom is 0.301 e. The summed E-state index contributed by atoms with van der Waals surface area (Å²) in [6.07, 6.45) is 0. The minimum absolute atomic E-state index is 0.127. The number of hydrogen-bond acceptors (Lipinski definition) is 6. The molecular formula is C19H17NO6. The molecule has 2 amide bonds. The summed E-state index contributed by atoms with van der Waals surface area (Å²) in [7, 11) is 4.33. The van der Waals surface area contributed by atoms with Gasteiger partial charge in [-0.15, -0.1) is 0 Å². The number of amides is 2. The summed E-state index contributed by atoms with van der Waals surface area (Å²) in [5, 5.41) is 10.4. The Morgan fingerprint density at radius 2 is 1.54 bits per heavy atom. The molecule has 1 aliphatic rings. The van der Waals surface area contributed by atoms with Crippen molar-refractivity contribution < 1.29 is 28.9 Å². The van der Waals surface area contributed by atoms with Crippen LogP contribution in [0.4, 0.5) is 5.69 Å². The third kappa shape index (κ3) is 2.63. The highest BCUT2D eigenvalue weighted by atomic mass is 16.5. The lowest BCUT2D eigenvalue weighted by Gasteiger charge is -2.18. The molecule has 0 aliphatic carbocycles. The first-order valence-electron chi connectivity index (χ1n) is 7.71. The minimum Gasteiger partial charge on any atom is -0.502 e. The summed E-state index contributed by atoms with van der Waals surface area (Å²) in [5.41, 5.74) is 0.380. The number of carbonyl (C=O) groups is 2. The van der Waals surface area contributed by atoms with Crippen LogP contribution in [0.1, 0.15) is 5.56 Å². The fourth-order valence-electron chi connectivity index (χ4n) is 2.80. The van der Waals surface area contributed by atoms with Gasteiger partial charge in [0.05, 0.1) is 32.6 Å². The van der Waals surface area contributed by atoms with Crippen LogP contribution >= 0.6 is 0 Å². The highest BCUT2D eigenvalue weighted by molar-refractivity contribution is 6.45. The van der Waals surface area contributed by atoms with Gasteiger partial charge in [0.15, 0.2) is 5.76 Å². The topological polar surface area (TPSA) is 85.3 Å². The van der Waals surface area contributed by atoms with Gasteiger partial charge in [0.2, 0.25) is 0 Å². The number of aliphatic hydroxyl groups excluding tert-OH is 1. The maximum absolute atomic E-state index is 13.0. The van der Waals surface area contributed by atoms with Crippen molar-refractivity contribution in [2.24, 2.45) is 0 Å². The lowest BCUT2D eigenvalue weighted by atomic mass is 10.0. The number of ether oxygens (including phenoxy) is 3. The second kappa shape index (κ2) is 6.79. The molecule has 1 N–H and O–H groups in total. The van der Waals surface area contributed by atoms with Crippen molar-refractivity contribution in [1.29, 1.82) is 0 Å². The van der Waals surface area contributed by atoms with Crippen LogP contribution in [0, 0.1) is 0 Å². The maximum atomic E-state index is 13.0. The van der Waals surface area contributed by atoms with Crippen LogP contribution in [-0.4, -0.2) is 38.3 Å². The standard InChI is InChI=1S/C19H17NO6/c1-24-11-8-9-15(26-3)13(10-11)20-18(22)16(17(21)19(20)23)12-6-4-5-7-14(12)25-2/h4-10,21H,1-3H3. The Kier molecular flexibility index (Phi) is 4.53. The Labute approximate surface area is 150 Å². The fraction of sp³-hybridized carbons (Fsp3) is 0.158. The van der Waals surface area contributed by atoms with E-state index in [-0.39, 0.29) is 11.3 Å². The molecule has 1 aliphatic heterocycles. The molecule has 134 valence electrons. The first-order valence-corrected chi connectivity index (χ1v) is 7.71. The van der Waals surface area contributed by atoms with E-state index in [0.717, 1.165) is 4.90 Å². The third-order valence-corrected chi connectivity index (χ3v) is 4.06. The van der Waals surface area contributed by atoms with Crippen LogP contribution in [-0.2, 0) is 9.59 Å². The van der Waals surface area contributed by atoms with Crippen molar-refractivity contribution in [3.63, 3.8) is 0 Å². The van der Waals surface area contributed by atoms with Crippen molar-refractivity contribution in [3.05, 3.63) is 53.8 Å². The molecule has 7 nitrogen and oxygen atoms in total. The molecule has 2 aromatic carbocycles. The van der Waals surface area contributed by atoms with Gasteiger partial charge in [-0.05, 0) is 18.2 Å².